The van der Waals surface area contributed by atoms with Crippen LogP contribution in [-0.2, 0) is 24.3 Å². The lowest BCUT2D eigenvalue weighted by Gasteiger charge is -2.17. The van der Waals surface area contributed by atoms with Gasteiger partial charge in [0.15, 0.2) is 0 Å². The van der Waals surface area contributed by atoms with Crippen molar-refractivity contribution < 1.29 is 14.7 Å². The number of hydrogen-bond donors (Lipinski definition) is 3. The summed E-state index contributed by atoms with van der Waals surface area (Å²) in [7, 11) is 0. The fraction of sp³-hybridized carbons (Fsp3) is 0.444. The summed E-state index contributed by atoms with van der Waals surface area (Å²) < 4.78 is 2.21. The van der Waals surface area contributed by atoms with E-state index in [1.807, 2.05) is 12.1 Å². The fourth-order valence-corrected chi connectivity index (χ4v) is 4.62. The summed E-state index contributed by atoms with van der Waals surface area (Å²) >= 11 is 4.37. The van der Waals surface area contributed by atoms with E-state index < -0.39 is 5.97 Å². The number of hydrogen-bond acceptors (Lipinski definition) is 4. The third-order valence-electron chi connectivity index (χ3n) is 6.01. The number of aromatic carboxylic acids is 1. The summed E-state index contributed by atoms with van der Waals surface area (Å²) in [5, 5.41) is 12.3. The first-order chi connectivity index (χ1) is 16.2. The molecule has 0 spiro atoms. The normalized spacial score (nSPS) is 12.3. The van der Waals surface area contributed by atoms with E-state index in [1.165, 1.54) is 0 Å². The molecule has 182 valence electrons. The Bertz CT molecular complexity index is 1150. The van der Waals surface area contributed by atoms with Crippen LogP contribution in [0.1, 0.15) is 66.5 Å². The number of nitrogens with zero attached hydrogens (tertiary/aromatic N) is 2. The van der Waals surface area contributed by atoms with Crippen LogP contribution in [0.3, 0.4) is 0 Å². The minimum atomic E-state index is -0.929. The first-order valence-corrected chi connectivity index (χ1v) is 12.6. The smallest absolute Gasteiger partial charge is 0.335 e. The van der Waals surface area contributed by atoms with Gasteiger partial charge in [0.25, 0.3) is 0 Å². The molecule has 3 aromatic rings. The molecule has 34 heavy (non-hydrogen) atoms. The van der Waals surface area contributed by atoms with Crippen molar-refractivity contribution in [2.75, 3.05) is 5.75 Å². The molecule has 1 aromatic heterocycles. The predicted octanol–water partition coefficient (Wildman–Crippen LogP) is 5.25. The highest BCUT2D eigenvalue weighted by atomic mass is 32.1. The van der Waals surface area contributed by atoms with E-state index in [1.54, 1.807) is 12.1 Å². The van der Waals surface area contributed by atoms with Crippen molar-refractivity contribution in [2.45, 2.75) is 60.0 Å². The molecule has 0 bridgehead atoms. The van der Waals surface area contributed by atoms with E-state index in [0.29, 0.717) is 24.8 Å². The molecule has 0 radical (unpaired) electrons. The molecule has 0 saturated carbocycles. The van der Waals surface area contributed by atoms with Crippen molar-refractivity contribution in [3.63, 3.8) is 0 Å². The Morgan fingerprint density at radius 3 is 2.44 bits per heavy atom. The number of amides is 1. The van der Waals surface area contributed by atoms with Crippen molar-refractivity contribution in [2.24, 2.45) is 11.8 Å². The highest BCUT2D eigenvalue weighted by Crippen LogP contribution is 2.25. The van der Waals surface area contributed by atoms with Gasteiger partial charge in [0.1, 0.15) is 5.82 Å². The SMILES string of the molecule is CCCc1nc2c(C)cc(CNC(=O)[C@H](CS)CC(C)C)cc2n1Cc1ccc(C(=O)O)cc1. The maximum atomic E-state index is 12.7. The Kier molecular flexibility index (Phi) is 8.78. The van der Waals surface area contributed by atoms with Crippen LogP contribution in [-0.4, -0.2) is 32.3 Å². The maximum Gasteiger partial charge on any atom is 0.335 e. The van der Waals surface area contributed by atoms with Gasteiger partial charge in [-0.05, 0) is 60.6 Å². The molecule has 0 aliphatic heterocycles. The number of fused-ring (bicyclic) bond motifs is 1. The van der Waals surface area contributed by atoms with E-state index in [4.69, 9.17) is 4.98 Å². The lowest BCUT2D eigenvalue weighted by atomic mass is 9.98. The summed E-state index contributed by atoms with van der Waals surface area (Å²) in [6, 6.07) is 11.2. The van der Waals surface area contributed by atoms with Crippen LogP contribution < -0.4 is 5.32 Å². The van der Waals surface area contributed by atoms with Crippen LogP contribution in [0.25, 0.3) is 11.0 Å². The van der Waals surface area contributed by atoms with Crippen LogP contribution in [0.2, 0.25) is 0 Å². The summed E-state index contributed by atoms with van der Waals surface area (Å²) in [5.74, 6) is 1.01. The number of rotatable bonds is 11. The molecule has 0 saturated heterocycles. The Morgan fingerprint density at radius 1 is 1.15 bits per heavy atom. The van der Waals surface area contributed by atoms with Crippen LogP contribution in [0.4, 0.5) is 0 Å². The Labute approximate surface area is 207 Å². The van der Waals surface area contributed by atoms with Gasteiger partial charge in [0, 0.05) is 31.2 Å². The van der Waals surface area contributed by atoms with Crippen molar-refractivity contribution >= 4 is 35.5 Å². The van der Waals surface area contributed by atoms with Crippen molar-refractivity contribution in [3.05, 3.63) is 64.5 Å². The number of nitrogens with one attached hydrogen (secondary N) is 1. The van der Waals surface area contributed by atoms with Gasteiger partial charge in [-0.1, -0.05) is 39.0 Å². The Hall–Kier alpha value is -2.80. The van der Waals surface area contributed by atoms with Gasteiger partial charge in [-0.25, -0.2) is 9.78 Å². The summed E-state index contributed by atoms with van der Waals surface area (Å²) in [6.45, 7) is 9.49. The number of imidazole rings is 1. The van der Waals surface area contributed by atoms with Gasteiger partial charge in [-0.2, -0.15) is 12.6 Å². The molecule has 3 rings (SSSR count). The van der Waals surface area contributed by atoms with Gasteiger partial charge in [-0.3, -0.25) is 4.79 Å². The van der Waals surface area contributed by atoms with E-state index in [2.05, 4.69) is 62.3 Å². The Balaban J connectivity index is 1.90. The van der Waals surface area contributed by atoms with Gasteiger partial charge in [0.2, 0.25) is 5.91 Å². The molecule has 0 aliphatic rings. The second-order valence-electron chi connectivity index (χ2n) is 9.37. The first kappa shape index (κ1) is 25.8. The maximum absolute atomic E-state index is 12.7. The summed E-state index contributed by atoms with van der Waals surface area (Å²) in [6.07, 6.45) is 2.65. The summed E-state index contributed by atoms with van der Waals surface area (Å²) in [5.41, 5.74) is 5.40. The highest BCUT2D eigenvalue weighted by Gasteiger charge is 2.19. The number of benzene rings is 2. The number of thiol groups is 1. The van der Waals surface area contributed by atoms with Crippen molar-refractivity contribution in [1.29, 1.82) is 0 Å². The van der Waals surface area contributed by atoms with E-state index >= 15 is 0 Å². The molecular weight excluding hydrogens is 446 g/mol. The molecule has 2 aromatic carbocycles. The average Bonchev–Trinajstić information content (AvgIpc) is 3.14. The second kappa shape index (κ2) is 11.6. The zero-order chi connectivity index (χ0) is 24.8. The number of aromatic nitrogens is 2. The van der Waals surface area contributed by atoms with Crippen molar-refractivity contribution in [3.8, 4) is 0 Å². The molecule has 0 aliphatic carbocycles. The first-order valence-electron chi connectivity index (χ1n) is 11.9. The largest absolute Gasteiger partial charge is 0.478 e. The summed E-state index contributed by atoms with van der Waals surface area (Å²) in [4.78, 5) is 28.8. The monoisotopic (exact) mass is 481 g/mol. The van der Waals surface area contributed by atoms with Crippen LogP contribution >= 0.6 is 12.6 Å². The minimum absolute atomic E-state index is 0.0418. The predicted molar refractivity (Wildman–Crippen MR) is 140 cm³/mol. The van der Waals surface area contributed by atoms with Crippen molar-refractivity contribution in [1.82, 2.24) is 14.9 Å². The van der Waals surface area contributed by atoms with Gasteiger partial charge < -0.3 is 15.0 Å². The molecule has 2 N–H and O–H groups in total. The lowest BCUT2D eigenvalue weighted by molar-refractivity contribution is -0.124. The topological polar surface area (TPSA) is 84.2 Å². The zero-order valence-corrected chi connectivity index (χ0v) is 21.4. The molecule has 7 heteroatoms. The number of carbonyl (C=O) groups excluding carboxylic acids is 1. The molecule has 1 atom stereocenters. The minimum Gasteiger partial charge on any atom is -0.478 e. The van der Waals surface area contributed by atoms with Crippen LogP contribution in [0, 0.1) is 18.8 Å². The Morgan fingerprint density at radius 2 is 1.85 bits per heavy atom. The number of aryl methyl sites for hydroxylation is 2. The van der Waals surface area contributed by atoms with Crippen LogP contribution in [0.15, 0.2) is 36.4 Å². The van der Waals surface area contributed by atoms with Gasteiger partial charge in [-0.15, -0.1) is 0 Å². The molecule has 6 nitrogen and oxygen atoms in total. The zero-order valence-electron chi connectivity index (χ0n) is 20.5. The van der Waals surface area contributed by atoms with Gasteiger partial charge >= 0.3 is 5.97 Å². The van der Waals surface area contributed by atoms with Crippen LogP contribution in [0.5, 0.6) is 0 Å². The molecule has 0 unspecified atom stereocenters. The van der Waals surface area contributed by atoms with Gasteiger partial charge in [0.05, 0.1) is 16.6 Å². The number of carboxylic acids is 1. The quantitative estimate of drug-likeness (QED) is 0.327. The third kappa shape index (κ3) is 6.20. The number of carboxylic acid groups (broad SMARTS) is 1. The number of carbonyl (C=O) groups is 2. The van der Waals surface area contributed by atoms with E-state index in [9.17, 15) is 14.7 Å². The highest BCUT2D eigenvalue weighted by molar-refractivity contribution is 7.80. The fourth-order valence-electron chi connectivity index (χ4n) is 4.31. The standard InChI is InChI=1S/C27H35N3O3S/c1-5-6-24-29-25-18(4)12-20(14-28-26(31)22(16-34)11-17(2)3)13-23(25)30(24)15-19-7-9-21(10-8-19)27(32)33/h7-10,12-13,17,22,34H,5-6,11,14-16H2,1-4H3,(H,28,31)(H,32,33)/t22-/m0/s1. The third-order valence-corrected chi connectivity index (χ3v) is 6.45. The molecule has 1 amide bonds. The lowest BCUT2D eigenvalue weighted by Crippen LogP contribution is -2.32. The van der Waals surface area contributed by atoms with E-state index in [-0.39, 0.29) is 17.4 Å². The molecule has 0 fully saturated rings. The molecular formula is C27H35N3O3S. The average molecular weight is 482 g/mol. The molecule has 1 heterocycles. The second-order valence-corrected chi connectivity index (χ2v) is 9.74. The van der Waals surface area contributed by atoms with E-state index in [0.717, 1.165) is 52.8 Å².